The smallest absolute Gasteiger partial charge is 0.179 e. The monoisotopic (exact) mass is 260 g/mol. The molecule has 92 valence electrons. The number of nitrogens with zero attached hydrogens (tertiary/aromatic N) is 3. The minimum atomic E-state index is 0.207. The minimum absolute atomic E-state index is 0.207. The Hall–Kier alpha value is -1.52. The third kappa shape index (κ3) is 1.98. The van der Waals surface area contributed by atoms with Crippen molar-refractivity contribution in [1.29, 1.82) is 0 Å². The molecule has 3 heterocycles. The van der Waals surface area contributed by atoms with Crippen LogP contribution in [0.2, 0.25) is 5.15 Å². The fraction of sp³-hybridized carbons (Fsp3) is 0.308. The van der Waals surface area contributed by atoms with Gasteiger partial charge in [0.05, 0.1) is 5.69 Å². The van der Waals surface area contributed by atoms with E-state index in [0.717, 1.165) is 29.9 Å². The Morgan fingerprint density at radius 1 is 1.33 bits per heavy atom. The summed E-state index contributed by atoms with van der Waals surface area (Å²) in [5.41, 5.74) is 2.80. The van der Waals surface area contributed by atoms with Crippen molar-refractivity contribution in [2.45, 2.75) is 19.4 Å². The number of halogens is 1. The number of hydrogen-bond donors (Lipinski definition) is 1. The predicted molar refractivity (Wildman–Crippen MR) is 70.4 cm³/mol. The summed E-state index contributed by atoms with van der Waals surface area (Å²) >= 11 is 6.27. The van der Waals surface area contributed by atoms with E-state index >= 15 is 0 Å². The van der Waals surface area contributed by atoms with Gasteiger partial charge in [0.15, 0.2) is 5.82 Å². The maximum absolute atomic E-state index is 6.27. The lowest BCUT2D eigenvalue weighted by Crippen LogP contribution is -2.29. The van der Waals surface area contributed by atoms with Gasteiger partial charge in [0, 0.05) is 30.8 Å². The van der Waals surface area contributed by atoms with Gasteiger partial charge < -0.3 is 5.32 Å². The van der Waals surface area contributed by atoms with Crippen molar-refractivity contribution in [2.24, 2.45) is 0 Å². The number of fused-ring (bicyclic) bond motifs is 1. The Morgan fingerprint density at radius 3 is 3.00 bits per heavy atom. The summed E-state index contributed by atoms with van der Waals surface area (Å²) in [6, 6.07) is 5.89. The van der Waals surface area contributed by atoms with Crippen LogP contribution in [0.5, 0.6) is 0 Å². The molecule has 0 spiro atoms. The summed E-state index contributed by atoms with van der Waals surface area (Å²) in [5, 5.41) is 3.89. The molecule has 0 bridgehead atoms. The summed E-state index contributed by atoms with van der Waals surface area (Å²) in [6.07, 6.45) is 2.61. The number of rotatable bonds is 1. The summed E-state index contributed by atoms with van der Waals surface area (Å²) in [7, 11) is 0. The van der Waals surface area contributed by atoms with Crippen molar-refractivity contribution in [3.63, 3.8) is 0 Å². The van der Waals surface area contributed by atoms with Crippen LogP contribution in [0, 0.1) is 0 Å². The van der Waals surface area contributed by atoms with Crippen LogP contribution in [0.1, 0.15) is 24.2 Å². The van der Waals surface area contributed by atoms with E-state index in [1.165, 1.54) is 0 Å². The van der Waals surface area contributed by atoms with Crippen molar-refractivity contribution in [2.75, 3.05) is 6.54 Å². The van der Waals surface area contributed by atoms with Crippen molar-refractivity contribution < 1.29 is 0 Å². The van der Waals surface area contributed by atoms with Crippen molar-refractivity contribution in [3.05, 3.63) is 40.8 Å². The standard InChI is InChI=1S/C13H13ClN4/c1-8-11-9(5-7-15-8)17-13(18-12(11)14)10-4-2-3-6-16-10/h2-4,6,8,15H,5,7H2,1H3. The fourth-order valence-electron chi connectivity index (χ4n) is 2.22. The first-order valence-electron chi connectivity index (χ1n) is 5.97. The average Bonchev–Trinajstić information content (AvgIpc) is 2.39. The van der Waals surface area contributed by atoms with E-state index in [2.05, 4.69) is 27.2 Å². The van der Waals surface area contributed by atoms with Gasteiger partial charge in [-0.1, -0.05) is 17.7 Å². The molecule has 0 amide bonds. The molecule has 0 saturated heterocycles. The average molecular weight is 261 g/mol. The van der Waals surface area contributed by atoms with E-state index in [-0.39, 0.29) is 6.04 Å². The molecule has 2 aromatic rings. The first-order valence-corrected chi connectivity index (χ1v) is 6.34. The minimum Gasteiger partial charge on any atom is -0.310 e. The normalized spacial score (nSPS) is 18.4. The molecule has 4 nitrogen and oxygen atoms in total. The molecule has 18 heavy (non-hydrogen) atoms. The highest BCUT2D eigenvalue weighted by molar-refractivity contribution is 6.30. The van der Waals surface area contributed by atoms with Gasteiger partial charge in [0.25, 0.3) is 0 Å². The van der Waals surface area contributed by atoms with Crippen LogP contribution >= 0.6 is 11.6 Å². The van der Waals surface area contributed by atoms with E-state index < -0.39 is 0 Å². The molecule has 0 fully saturated rings. The number of pyridine rings is 1. The Labute approximate surface area is 110 Å². The summed E-state index contributed by atoms with van der Waals surface area (Å²) in [6.45, 7) is 3.00. The molecular formula is C13H13ClN4. The van der Waals surface area contributed by atoms with Crippen LogP contribution < -0.4 is 5.32 Å². The zero-order valence-corrected chi connectivity index (χ0v) is 10.8. The molecule has 0 aromatic carbocycles. The van der Waals surface area contributed by atoms with Crippen LogP contribution in [0.25, 0.3) is 11.5 Å². The number of nitrogens with one attached hydrogen (secondary N) is 1. The molecule has 0 radical (unpaired) electrons. The van der Waals surface area contributed by atoms with Gasteiger partial charge in [-0.15, -0.1) is 0 Å². The molecule has 2 aromatic heterocycles. The molecule has 0 saturated carbocycles. The van der Waals surface area contributed by atoms with E-state index in [0.29, 0.717) is 11.0 Å². The second kappa shape index (κ2) is 4.63. The van der Waals surface area contributed by atoms with Crippen LogP contribution in [0.4, 0.5) is 0 Å². The zero-order valence-electron chi connectivity index (χ0n) is 10.0. The third-order valence-electron chi connectivity index (χ3n) is 3.12. The largest absolute Gasteiger partial charge is 0.310 e. The number of aromatic nitrogens is 3. The molecule has 1 aliphatic rings. The molecule has 0 aliphatic carbocycles. The van der Waals surface area contributed by atoms with Gasteiger partial charge in [-0.2, -0.15) is 0 Å². The summed E-state index contributed by atoms with van der Waals surface area (Å²) < 4.78 is 0. The topological polar surface area (TPSA) is 50.7 Å². The molecule has 1 N–H and O–H groups in total. The van der Waals surface area contributed by atoms with Crippen molar-refractivity contribution >= 4 is 11.6 Å². The van der Waals surface area contributed by atoms with E-state index in [1.807, 2.05) is 18.2 Å². The lowest BCUT2D eigenvalue weighted by Gasteiger charge is -2.23. The van der Waals surface area contributed by atoms with Gasteiger partial charge in [0.1, 0.15) is 10.8 Å². The fourth-order valence-corrected chi connectivity index (χ4v) is 2.58. The molecule has 3 rings (SSSR count). The zero-order chi connectivity index (χ0) is 12.5. The van der Waals surface area contributed by atoms with E-state index in [9.17, 15) is 0 Å². The maximum Gasteiger partial charge on any atom is 0.179 e. The molecule has 5 heteroatoms. The lowest BCUT2D eigenvalue weighted by molar-refractivity contribution is 0.530. The van der Waals surface area contributed by atoms with Crippen LogP contribution in [0.3, 0.4) is 0 Å². The predicted octanol–water partition coefficient (Wildman–Crippen LogP) is 2.40. The molecule has 1 atom stereocenters. The van der Waals surface area contributed by atoms with Gasteiger partial charge in [0.2, 0.25) is 0 Å². The lowest BCUT2D eigenvalue weighted by atomic mass is 10.0. The van der Waals surface area contributed by atoms with Gasteiger partial charge >= 0.3 is 0 Å². The second-order valence-electron chi connectivity index (χ2n) is 4.34. The highest BCUT2D eigenvalue weighted by Crippen LogP contribution is 2.29. The Balaban J connectivity index is 2.12. The first-order chi connectivity index (χ1) is 8.75. The molecule has 1 aliphatic heterocycles. The van der Waals surface area contributed by atoms with Gasteiger partial charge in [-0.25, -0.2) is 9.97 Å². The Kier molecular flexibility index (Phi) is 2.97. The van der Waals surface area contributed by atoms with Gasteiger partial charge in [-0.05, 0) is 19.1 Å². The quantitative estimate of drug-likeness (QED) is 0.800. The summed E-state index contributed by atoms with van der Waals surface area (Å²) in [4.78, 5) is 13.2. The van der Waals surface area contributed by atoms with Gasteiger partial charge in [-0.3, -0.25) is 4.98 Å². The number of hydrogen-bond acceptors (Lipinski definition) is 4. The Bertz CT molecular complexity index is 571. The first kappa shape index (κ1) is 11.6. The SMILES string of the molecule is CC1NCCc2nc(-c3ccccn3)nc(Cl)c21. The summed E-state index contributed by atoms with van der Waals surface area (Å²) in [5.74, 6) is 0.605. The van der Waals surface area contributed by atoms with Crippen LogP contribution in [0.15, 0.2) is 24.4 Å². The van der Waals surface area contributed by atoms with Crippen molar-refractivity contribution in [3.8, 4) is 11.5 Å². The highest BCUT2D eigenvalue weighted by atomic mass is 35.5. The van der Waals surface area contributed by atoms with E-state index in [1.54, 1.807) is 6.20 Å². The molecule has 1 unspecified atom stereocenters. The molecular weight excluding hydrogens is 248 g/mol. The second-order valence-corrected chi connectivity index (χ2v) is 4.70. The highest BCUT2D eigenvalue weighted by Gasteiger charge is 2.22. The third-order valence-corrected chi connectivity index (χ3v) is 3.41. The maximum atomic E-state index is 6.27. The van der Waals surface area contributed by atoms with Crippen LogP contribution in [-0.4, -0.2) is 21.5 Å². The van der Waals surface area contributed by atoms with Crippen LogP contribution in [-0.2, 0) is 6.42 Å². The van der Waals surface area contributed by atoms with Crippen molar-refractivity contribution in [1.82, 2.24) is 20.3 Å². The van der Waals surface area contributed by atoms with E-state index in [4.69, 9.17) is 11.6 Å². The Morgan fingerprint density at radius 2 is 2.22 bits per heavy atom.